The quantitative estimate of drug-likeness (QED) is 0.703. The zero-order valence-electron chi connectivity index (χ0n) is 15.7. The number of carbonyl (C=O) groups is 1. The molecule has 0 aliphatic carbocycles. The van der Waals surface area contributed by atoms with E-state index in [4.69, 9.17) is 0 Å². The van der Waals surface area contributed by atoms with Gasteiger partial charge in [-0.15, -0.1) is 0 Å². The van der Waals surface area contributed by atoms with Crippen LogP contribution in [0.5, 0.6) is 0 Å². The highest BCUT2D eigenvalue weighted by Crippen LogP contribution is 2.32. The minimum Gasteiger partial charge on any atom is -0.351 e. The fraction of sp³-hybridized carbons (Fsp3) is 0.611. The molecule has 1 aromatic carbocycles. The molecular weight excluding hydrogens is 414 g/mol. The number of alkyl halides is 3. The van der Waals surface area contributed by atoms with Gasteiger partial charge in [-0.1, -0.05) is 6.07 Å². The fourth-order valence-electron chi connectivity index (χ4n) is 3.77. The van der Waals surface area contributed by atoms with Crippen molar-refractivity contribution in [3.05, 3.63) is 35.1 Å². The summed E-state index contributed by atoms with van der Waals surface area (Å²) in [6.07, 6.45) is -4.08. The molecule has 11 heteroatoms. The van der Waals surface area contributed by atoms with E-state index in [0.717, 1.165) is 12.1 Å². The van der Waals surface area contributed by atoms with Crippen LogP contribution in [0.2, 0.25) is 0 Å². The zero-order valence-corrected chi connectivity index (χ0v) is 16.5. The average molecular weight is 437 g/mol. The lowest BCUT2D eigenvalue weighted by Crippen LogP contribution is -2.52. The van der Waals surface area contributed by atoms with Crippen LogP contribution in [0.3, 0.4) is 0 Å². The summed E-state index contributed by atoms with van der Waals surface area (Å²) in [5, 5.41) is 2.46. The molecule has 2 aliphatic rings. The first kappa shape index (κ1) is 22.0. The smallest absolute Gasteiger partial charge is 0.351 e. The van der Waals surface area contributed by atoms with Gasteiger partial charge in [0.25, 0.3) is 0 Å². The van der Waals surface area contributed by atoms with Crippen LogP contribution in [0.15, 0.2) is 18.2 Å². The van der Waals surface area contributed by atoms with Crippen molar-refractivity contribution in [3.8, 4) is 0 Å². The molecule has 6 nitrogen and oxygen atoms in total. The van der Waals surface area contributed by atoms with Gasteiger partial charge in [-0.25, -0.2) is 12.8 Å². The predicted molar refractivity (Wildman–Crippen MR) is 98.3 cm³/mol. The third-order valence-corrected chi connectivity index (χ3v) is 7.10. The van der Waals surface area contributed by atoms with Gasteiger partial charge in [0.05, 0.1) is 23.6 Å². The highest BCUT2D eigenvalue weighted by Gasteiger charge is 2.35. The second-order valence-corrected chi connectivity index (χ2v) is 9.67. The van der Waals surface area contributed by atoms with E-state index in [0.29, 0.717) is 38.7 Å². The van der Waals surface area contributed by atoms with Crippen LogP contribution in [-0.4, -0.2) is 74.4 Å². The number of benzene rings is 1. The van der Waals surface area contributed by atoms with Gasteiger partial charge in [-0.3, -0.25) is 14.6 Å². The molecule has 0 aromatic heterocycles. The minimum atomic E-state index is -4.70. The van der Waals surface area contributed by atoms with E-state index in [-0.39, 0.29) is 36.2 Å². The average Bonchev–Trinajstić information content (AvgIpc) is 3.00. The van der Waals surface area contributed by atoms with Gasteiger partial charge < -0.3 is 5.32 Å². The van der Waals surface area contributed by atoms with Gasteiger partial charge in [0, 0.05) is 38.8 Å². The Morgan fingerprint density at radius 3 is 2.45 bits per heavy atom. The third-order valence-electron chi connectivity index (χ3n) is 5.35. The summed E-state index contributed by atoms with van der Waals surface area (Å²) in [6, 6.07) is 2.39. The maximum absolute atomic E-state index is 13.1. The van der Waals surface area contributed by atoms with Crippen molar-refractivity contribution < 1.29 is 30.8 Å². The summed E-state index contributed by atoms with van der Waals surface area (Å²) < 4.78 is 75.4. The number of nitrogens with one attached hydrogen (secondary N) is 1. The molecule has 3 rings (SSSR count). The van der Waals surface area contributed by atoms with E-state index in [2.05, 4.69) is 10.2 Å². The number of carbonyl (C=O) groups excluding carboxylic acids is 1. The van der Waals surface area contributed by atoms with Crippen LogP contribution in [0.25, 0.3) is 0 Å². The lowest BCUT2D eigenvalue weighted by molar-refractivity contribution is -0.138. The van der Waals surface area contributed by atoms with Crippen molar-refractivity contribution in [2.45, 2.75) is 25.2 Å². The number of sulfone groups is 1. The van der Waals surface area contributed by atoms with Gasteiger partial charge in [-0.05, 0) is 24.1 Å². The molecule has 0 saturated carbocycles. The molecule has 0 bridgehead atoms. The lowest BCUT2D eigenvalue weighted by Gasteiger charge is -2.37. The maximum atomic E-state index is 13.1. The largest absolute Gasteiger partial charge is 0.416 e. The van der Waals surface area contributed by atoms with Gasteiger partial charge in [0.2, 0.25) is 5.91 Å². The summed E-state index contributed by atoms with van der Waals surface area (Å²) >= 11 is 0. The standard InChI is InChI=1S/C18H23F4N3O3S/c19-14-2-1-13(16(9-14)18(20,21)22)10-23-17(26)11-24-4-6-25(7-5-24)15-3-8-29(27,28)12-15/h1-2,9,15H,3-8,10-12H2,(H,23,26). The Hall–Kier alpha value is -1.72. The normalized spacial score (nSPS) is 23.2. The molecule has 2 saturated heterocycles. The van der Waals surface area contributed by atoms with Crippen LogP contribution >= 0.6 is 0 Å². The number of nitrogens with zero attached hydrogens (tertiary/aromatic N) is 2. The van der Waals surface area contributed by atoms with E-state index >= 15 is 0 Å². The number of piperazine rings is 1. The topological polar surface area (TPSA) is 69.7 Å². The van der Waals surface area contributed by atoms with Gasteiger partial charge in [-0.2, -0.15) is 13.2 Å². The van der Waals surface area contributed by atoms with Crippen molar-refractivity contribution >= 4 is 15.7 Å². The SMILES string of the molecule is O=C(CN1CCN(C2CCS(=O)(=O)C2)CC1)NCc1ccc(F)cc1C(F)(F)F. The second-order valence-electron chi connectivity index (χ2n) is 7.44. The molecule has 2 heterocycles. The van der Waals surface area contributed by atoms with E-state index < -0.39 is 33.3 Å². The van der Waals surface area contributed by atoms with Crippen LogP contribution < -0.4 is 5.32 Å². The first-order valence-corrected chi connectivity index (χ1v) is 11.1. The Kier molecular flexibility index (Phi) is 6.49. The molecule has 29 heavy (non-hydrogen) atoms. The molecule has 2 fully saturated rings. The predicted octanol–water partition coefficient (Wildman–Crippen LogP) is 1.27. The molecule has 0 radical (unpaired) electrons. The third kappa shape index (κ3) is 5.89. The Morgan fingerprint density at radius 1 is 1.17 bits per heavy atom. The minimum absolute atomic E-state index is 0.0234. The summed E-state index contributed by atoms with van der Waals surface area (Å²) in [7, 11) is -2.95. The van der Waals surface area contributed by atoms with Gasteiger partial charge in [0.15, 0.2) is 9.84 Å². The summed E-state index contributed by atoms with van der Waals surface area (Å²) in [5.74, 6) is -1.02. The number of hydrogen-bond acceptors (Lipinski definition) is 5. The second kappa shape index (κ2) is 8.57. The van der Waals surface area contributed by atoms with Crippen LogP contribution in [0.1, 0.15) is 17.5 Å². The maximum Gasteiger partial charge on any atom is 0.416 e. The van der Waals surface area contributed by atoms with E-state index in [1.165, 1.54) is 0 Å². The van der Waals surface area contributed by atoms with E-state index in [1.807, 2.05) is 4.90 Å². The Labute approximate surface area is 166 Å². The van der Waals surface area contributed by atoms with Gasteiger partial charge >= 0.3 is 6.18 Å². The molecule has 1 N–H and O–H groups in total. The summed E-state index contributed by atoms with van der Waals surface area (Å²) in [6.45, 7) is 2.14. The number of amides is 1. The Morgan fingerprint density at radius 2 is 1.86 bits per heavy atom. The van der Waals surface area contributed by atoms with Crippen LogP contribution in [0.4, 0.5) is 17.6 Å². The first-order chi connectivity index (χ1) is 13.5. The fourth-order valence-corrected chi connectivity index (χ4v) is 5.53. The van der Waals surface area contributed by atoms with Crippen molar-refractivity contribution in [3.63, 3.8) is 0 Å². The number of halogens is 4. The van der Waals surface area contributed by atoms with E-state index in [9.17, 15) is 30.8 Å². The zero-order chi connectivity index (χ0) is 21.2. The summed E-state index contributed by atoms with van der Waals surface area (Å²) in [5.41, 5.74) is -1.29. The first-order valence-electron chi connectivity index (χ1n) is 9.33. The van der Waals surface area contributed by atoms with E-state index in [1.54, 1.807) is 0 Å². The Bertz CT molecular complexity index is 852. The van der Waals surface area contributed by atoms with Crippen LogP contribution in [-0.2, 0) is 27.4 Å². The number of hydrogen-bond donors (Lipinski definition) is 1. The highest BCUT2D eigenvalue weighted by molar-refractivity contribution is 7.91. The molecule has 1 atom stereocenters. The monoisotopic (exact) mass is 437 g/mol. The van der Waals surface area contributed by atoms with Gasteiger partial charge in [0.1, 0.15) is 5.82 Å². The van der Waals surface area contributed by atoms with Crippen molar-refractivity contribution in [1.29, 1.82) is 0 Å². The molecule has 1 aromatic rings. The molecule has 0 spiro atoms. The van der Waals surface area contributed by atoms with Crippen molar-refractivity contribution in [1.82, 2.24) is 15.1 Å². The Balaban J connectivity index is 1.47. The molecule has 2 aliphatic heterocycles. The molecular formula is C18H23F4N3O3S. The van der Waals surface area contributed by atoms with Crippen molar-refractivity contribution in [2.75, 3.05) is 44.2 Å². The van der Waals surface area contributed by atoms with Crippen LogP contribution in [0, 0.1) is 5.82 Å². The number of rotatable bonds is 5. The summed E-state index contributed by atoms with van der Waals surface area (Å²) in [4.78, 5) is 16.1. The highest BCUT2D eigenvalue weighted by atomic mass is 32.2. The molecule has 162 valence electrons. The van der Waals surface area contributed by atoms with Crippen molar-refractivity contribution in [2.24, 2.45) is 0 Å². The molecule has 1 amide bonds. The lowest BCUT2D eigenvalue weighted by atomic mass is 10.1. The molecule has 1 unspecified atom stereocenters.